The van der Waals surface area contributed by atoms with E-state index in [1.807, 2.05) is 6.07 Å². The number of phenolic OH excluding ortho intramolecular Hbond substituents is 1. The summed E-state index contributed by atoms with van der Waals surface area (Å²) in [5.74, 6) is -9.02. The first-order valence-electron chi connectivity index (χ1n) is 11.8. The number of hydrogen-bond donors (Lipinski definition) is 5. The van der Waals surface area contributed by atoms with Crippen LogP contribution in [0.2, 0.25) is 0 Å². The Balaban J connectivity index is 1.72. The maximum atomic E-state index is 13.8. The van der Waals surface area contributed by atoms with Crippen LogP contribution >= 0.6 is 0 Å². The van der Waals surface area contributed by atoms with Gasteiger partial charge in [0, 0.05) is 17.2 Å². The summed E-state index contributed by atoms with van der Waals surface area (Å²) < 4.78 is 0. The molecule has 10 nitrogen and oxygen atoms in total. The average Bonchev–Trinajstić information content (AvgIpc) is 2.81. The molecule has 5 rings (SSSR count). The molecule has 0 spiro atoms. The van der Waals surface area contributed by atoms with Crippen molar-refractivity contribution in [2.24, 2.45) is 23.5 Å². The lowest BCUT2D eigenvalue weighted by atomic mass is 9.54. The molecule has 2 aromatic rings. The van der Waals surface area contributed by atoms with E-state index in [-0.39, 0.29) is 29.7 Å². The Kier molecular flexibility index (Phi) is 5.50. The van der Waals surface area contributed by atoms with Gasteiger partial charge in [0.2, 0.25) is 11.7 Å². The Morgan fingerprint density at radius 1 is 1.11 bits per heavy atom. The molecule has 2 fully saturated rings. The van der Waals surface area contributed by atoms with Crippen molar-refractivity contribution >= 4 is 34.7 Å². The number of ketones is 3. The number of phenols is 1. The highest BCUT2D eigenvalue weighted by Gasteiger charge is 2.67. The van der Waals surface area contributed by atoms with Crippen LogP contribution in [0.3, 0.4) is 0 Å². The SMILES string of the molecule is CN(C)[C@@H]1C(=O)C(C(N)=O)C(=O)[C@@]2(O)C(=O)C3=C(O)c4c(O)ccc(-c5cccc(N)c5)c4C[C@H]3C[C@@H]12. The molecule has 2 aromatic carbocycles. The molecule has 0 aromatic heterocycles. The van der Waals surface area contributed by atoms with E-state index in [1.165, 1.54) is 11.0 Å². The van der Waals surface area contributed by atoms with Gasteiger partial charge in [-0.2, -0.15) is 0 Å². The van der Waals surface area contributed by atoms with Gasteiger partial charge < -0.3 is 26.8 Å². The zero-order valence-corrected chi connectivity index (χ0v) is 20.3. The van der Waals surface area contributed by atoms with Crippen molar-refractivity contribution in [2.75, 3.05) is 19.8 Å². The molecule has 3 aliphatic rings. The number of rotatable bonds is 3. The molecule has 3 aliphatic carbocycles. The largest absolute Gasteiger partial charge is 0.507 e. The Bertz CT molecular complexity index is 1430. The van der Waals surface area contributed by atoms with Gasteiger partial charge in [-0.1, -0.05) is 18.2 Å². The number of primary amides is 1. The summed E-state index contributed by atoms with van der Waals surface area (Å²) in [5, 5.41) is 33.6. The standard InChI is InChI=1S/C27H27N3O7/c1-30(2)21-16-10-12-9-15-14(11-4-3-5-13(28)8-11)6-7-17(31)19(15)22(32)18(12)24(34)27(16,37)25(35)20(23(21)33)26(29)36/h3-8,12,16,20-21,31-32,37H,9-10,28H2,1-2H3,(H2,29,36)/t12-,16-,20?,21-,27-/m0/s1. The second kappa shape index (κ2) is 8.25. The third kappa shape index (κ3) is 3.32. The van der Waals surface area contributed by atoms with Gasteiger partial charge in [0.1, 0.15) is 11.5 Å². The minimum atomic E-state index is -2.74. The molecule has 37 heavy (non-hydrogen) atoms. The van der Waals surface area contributed by atoms with Crippen LogP contribution in [0.1, 0.15) is 17.5 Å². The Morgan fingerprint density at radius 2 is 1.81 bits per heavy atom. The predicted octanol–water partition coefficient (Wildman–Crippen LogP) is 0.586. The minimum Gasteiger partial charge on any atom is -0.507 e. The summed E-state index contributed by atoms with van der Waals surface area (Å²) in [4.78, 5) is 53.8. The number of hydrogen-bond acceptors (Lipinski definition) is 9. The van der Waals surface area contributed by atoms with Crippen molar-refractivity contribution < 1.29 is 34.5 Å². The summed E-state index contributed by atoms with van der Waals surface area (Å²) in [5.41, 5.74) is 10.9. The van der Waals surface area contributed by atoms with E-state index in [9.17, 15) is 34.5 Å². The zero-order chi connectivity index (χ0) is 27.0. The molecule has 1 unspecified atom stereocenters. The molecule has 7 N–H and O–H groups in total. The molecular weight excluding hydrogens is 478 g/mol. The molecule has 0 heterocycles. The number of fused-ring (bicyclic) bond motifs is 3. The quantitative estimate of drug-likeness (QED) is 0.294. The first kappa shape index (κ1) is 24.7. The first-order valence-corrected chi connectivity index (χ1v) is 11.8. The van der Waals surface area contributed by atoms with Crippen molar-refractivity contribution in [3.05, 3.63) is 53.1 Å². The van der Waals surface area contributed by atoms with Gasteiger partial charge >= 0.3 is 0 Å². The minimum absolute atomic E-state index is 0.00108. The Morgan fingerprint density at radius 3 is 2.43 bits per heavy atom. The molecule has 1 amide bonds. The van der Waals surface area contributed by atoms with Gasteiger partial charge in [-0.3, -0.25) is 24.1 Å². The second-order valence-corrected chi connectivity index (χ2v) is 10.2. The molecule has 0 saturated heterocycles. The number of anilines is 1. The van der Waals surface area contributed by atoms with Crippen molar-refractivity contribution in [3.8, 4) is 16.9 Å². The highest BCUT2D eigenvalue weighted by Crippen LogP contribution is 2.52. The van der Waals surface area contributed by atoms with Gasteiger partial charge in [-0.15, -0.1) is 0 Å². The highest BCUT2D eigenvalue weighted by atomic mass is 16.3. The van der Waals surface area contributed by atoms with Crippen molar-refractivity contribution in [1.29, 1.82) is 0 Å². The number of Topliss-reactive ketones (excluding diaryl/α,β-unsaturated/α-hetero) is 3. The number of likely N-dealkylation sites (N-methyl/N-ethyl adjacent to an activating group) is 1. The molecule has 2 saturated carbocycles. The number of carbonyl (C=O) groups is 4. The summed E-state index contributed by atoms with van der Waals surface area (Å²) >= 11 is 0. The highest BCUT2D eigenvalue weighted by molar-refractivity contribution is 6.32. The number of aliphatic hydroxyl groups excluding tert-OH is 1. The van der Waals surface area contributed by atoms with Crippen LogP contribution < -0.4 is 11.5 Å². The van der Waals surface area contributed by atoms with Gasteiger partial charge in [-0.05, 0) is 67.7 Å². The molecule has 5 atom stereocenters. The van der Waals surface area contributed by atoms with E-state index < -0.39 is 58.4 Å². The lowest BCUT2D eigenvalue weighted by Crippen LogP contribution is -2.72. The average molecular weight is 506 g/mol. The number of amides is 1. The number of aromatic hydroxyl groups is 1. The third-order valence-corrected chi connectivity index (χ3v) is 7.94. The smallest absolute Gasteiger partial charge is 0.235 e. The van der Waals surface area contributed by atoms with Gasteiger partial charge in [0.05, 0.1) is 11.6 Å². The maximum Gasteiger partial charge on any atom is 0.235 e. The van der Waals surface area contributed by atoms with Crippen LogP contribution in [-0.2, 0) is 25.6 Å². The maximum absolute atomic E-state index is 13.8. The van der Waals surface area contributed by atoms with Crippen LogP contribution in [-0.4, -0.2) is 69.2 Å². The van der Waals surface area contributed by atoms with Crippen molar-refractivity contribution in [1.82, 2.24) is 4.90 Å². The van der Waals surface area contributed by atoms with Crippen molar-refractivity contribution in [2.45, 2.75) is 24.5 Å². The number of nitrogens with two attached hydrogens (primary N) is 2. The van der Waals surface area contributed by atoms with Crippen LogP contribution in [0.4, 0.5) is 5.69 Å². The lowest BCUT2D eigenvalue weighted by Gasteiger charge is -2.51. The monoisotopic (exact) mass is 505 g/mol. The Labute approximate surface area is 212 Å². The summed E-state index contributed by atoms with van der Waals surface area (Å²) in [6, 6.07) is 9.02. The fraction of sp³-hybridized carbons (Fsp3) is 0.333. The topological polar surface area (TPSA) is 184 Å². The molecule has 0 radical (unpaired) electrons. The normalized spacial score (nSPS) is 29.1. The van der Waals surface area contributed by atoms with Gasteiger partial charge in [0.15, 0.2) is 23.1 Å². The number of benzene rings is 2. The Hall–Kier alpha value is -4.02. The van der Waals surface area contributed by atoms with Crippen LogP contribution in [0, 0.1) is 17.8 Å². The van der Waals surface area contributed by atoms with Gasteiger partial charge in [0.25, 0.3) is 0 Å². The lowest BCUT2D eigenvalue weighted by molar-refractivity contribution is -0.175. The summed E-state index contributed by atoms with van der Waals surface area (Å²) in [6.45, 7) is 0. The number of carbonyl (C=O) groups excluding carboxylic acids is 4. The van der Waals surface area contributed by atoms with Crippen LogP contribution in [0.25, 0.3) is 16.9 Å². The van der Waals surface area contributed by atoms with E-state index in [2.05, 4.69) is 0 Å². The third-order valence-electron chi connectivity index (χ3n) is 7.94. The second-order valence-electron chi connectivity index (χ2n) is 10.2. The van der Waals surface area contributed by atoms with E-state index in [0.29, 0.717) is 16.8 Å². The molecule has 0 aliphatic heterocycles. The van der Waals surface area contributed by atoms with Crippen LogP contribution in [0.15, 0.2) is 42.0 Å². The summed E-state index contributed by atoms with van der Waals surface area (Å²) in [6.07, 6.45) is 0.187. The van der Waals surface area contributed by atoms with Gasteiger partial charge in [-0.25, -0.2) is 0 Å². The van der Waals surface area contributed by atoms with E-state index in [0.717, 1.165) is 5.56 Å². The molecular formula is C27H27N3O7. The van der Waals surface area contributed by atoms with E-state index >= 15 is 0 Å². The fourth-order valence-electron chi connectivity index (χ4n) is 6.36. The predicted molar refractivity (Wildman–Crippen MR) is 133 cm³/mol. The summed E-state index contributed by atoms with van der Waals surface area (Å²) in [7, 11) is 3.10. The number of aliphatic hydroxyl groups is 2. The van der Waals surface area contributed by atoms with E-state index in [4.69, 9.17) is 11.5 Å². The van der Waals surface area contributed by atoms with Crippen molar-refractivity contribution in [3.63, 3.8) is 0 Å². The number of nitrogens with zero attached hydrogens (tertiary/aromatic N) is 1. The molecule has 10 heteroatoms. The molecule has 0 bridgehead atoms. The zero-order valence-electron chi connectivity index (χ0n) is 20.3. The molecule has 192 valence electrons. The fourth-order valence-corrected chi connectivity index (χ4v) is 6.36. The number of nitrogen functional groups attached to an aromatic ring is 1. The van der Waals surface area contributed by atoms with E-state index in [1.54, 1.807) is 38.4 Å². The first-order chi connectivity index (χ1) is 17.4. The van der Waals surface area contributed by atoms with Crippen LogP contribution in [0.5, 0.6) is 5.75 Å².